The number of carbonyl (C=O) groups excluding carboxylic acids is 1. The van der Waals surface area contributed by atoms with Gasteiger partial charge in [0.15, 0.2) is 0 Å². The lowest BCUT2D eigenvalue weighted by molar-refractivity contribution is -0.187. The van der Waals surface area contributed by atoms with Crippen molar-refractivity contribution in [1.82, 2.24) is 15.5 Å². The Labute approximate surface area is 171 Å². The Kier molecular flexibility index (Phi) is 5.79. The number of carbonyl (C=O) groups is 1. The molecule has 0 aromatic rings. The number of nitrogens with one attached hydrogen (secondary N) is 2. The van der Waals surface area contributed by atoms with Crippen molar-refractivity contribution in [2.45, 2.75) is 64.6 Å². The zero-order valence-electron chi connectivity index (χ0n) is 16.8. The van der Waals surface area contributed by atoms with Crippen LogP contribution in [-0.2, 0) is 4.79 Å². The maximum absolute atomic E-state index is 13.6. The highest BCUT2D eigenvalue weighted by Crippen LogP contribution is 2.69. The third-order valence-electron chi connectivity index (χ3n) is 7.53. The lowest BCUT2D eigenvalue weighted by atomic mass is 9.40. The van der Waals surface area contributed by atoms with Crippen molar-refractivity contribution in [2.75, 3.05) is 32.7 Å². The normalized spacial score (nSPS) is 41.4. The number of nitrogens with zero attached hydrogens (tertiary/aromatic N) is 1. The van der Waals surface area contributed by atoms with E-state index in [4.69, 9.17) is 0 Å². The molecule has 3 unspecified atom stereocenters. The van der Waals surface area contributed by atoms with Crippen molar-refractivity contribution >= 4 is 18.3 Å². The second-order valence-corrected chi connectivity index (χ2v) is 10.5. The maximum atomic E-state index is 13.6. The molecule has 4 saturated carbocycles. The number of hydrogen-bond donors (Lipinski definition) is 2. The number of amides is 1. The second-order valence-electron chi connectivity index (χ2n) is 10.5. The monoisotopic (exact) mass is 423 g/mol. The van der Waals surface area contributed by atoms with Gasteiger partial charge in [-0.2, -0.15) is 13.2 Å². The molecule has 2 N–H and O–H groups in total. The first-order valence-corrected chi connectivity index (χ1v) is 10.3. The fourth-order valence-electron chi connectivity index (χ4n) is 7.52. The molecule has 8 heteroatoms. The minimum absolute atomic E-state index is 0. The van der Waals surface area contributed by atoms with Crippen LogP contribution in [0.25, 0.3) is 0 Å². The third-order valence-corrected chi connectivity index (χ3v) is 7.53. The molecular weight excluding hydrogens is 391 g/mol. The van der Waals surface area contributed by atoms with Gasteiger partial charge in [-0.25, -0.2) is 0 Å². The molecule has 5 fully saturated rings. The van der Waals surface area contributed by atoms with E-state index in [9.17, 15) is 18.0 Å². The minimum Gasteiger partial charge on any atom is -0.354 e. The van der Waals surface area contributed by atoms with Gasteiger partial charge in [-0.15, -0.1) is 12.4 Å². The van der Waals surface area contributed by atoms with E-state index in [1.807, 2.05) is 0 Å². The van der Waals surface area contributed by atoms with Crippen LogP contribution >= 0.6 is 12.4 Å². The molecule has 0 spiro atoms. The Morgan fingerprint density at radius 1 is 1.11 bits per heavy atom. The Balaban J connectivity index is 0.00000225. The summed E-state index contributed by atoms with van der Waals surface area (Å²) in [7, 11) is 0. The third kappa shape index (κ3) is 4.04. The van der Waals surface area contributed by atoms with Crippen LogP contribution in [0.15, 0.2) is 0 Å². The van der Waals surface area contributed by atoms with E-state index in [1.54, 1.807) is 0 Å². The number of hydrogen-bond acceptors (Lipinski definition) is 3. The summed E-state index contributed by atoms with van der Waals surface area (Å²) < 4.78 is 40.9. The summed E-state index contributed by atoms with van der Waals surface area (Å²) in [4.78, 5) is 14.6. The molecule has 162 valence electrons. The van der Waals surface area contributed by atoms with Crippen molar-refractivity contribution < 1.29 is 18.0 Å². The Morgan fingerprint density at radius 3 is 2.18 bits per heavy atom. The molecule has 0 aromatic carbocycles. The van der Waals surface area contributed by atoms with Crippen molar-refractivity contribution in [2.24, 2.45) is 22.2 Å². The van der Waals surface area contributed by atoms with Gasteiger partial charge in [0.25, 0.3) is 0 Å². The van der Waals surface area contributed by atoms with Gasteiger partial charge in [-0.1, -0.05) is 13.8 Å². The van der Waals surface area contributed by atoms with E-state index in [0.717, 1.165) is 25.7 Å². The first kappa shape index (κ1) is 22.2. The Hall–Kier alpha value is -0.530. The van der Waals surface area contributed by atoms with Crippen LogP contribution in [0.4, 0.5) is 13.2 Å². The van der Waals surface area contributed by atoms with Crippen LogP contribution < -0.4 is 10.6 Å². The van der Waals surface area contributed by atoms with E-state index in [2.05, 4.69) is 24.5 Å². The molecule has 3 atom stereocenters. The molecular formula is C20H33ClF3N3O. The zero-order chi connectivity index (χ0) is 19.5. The maximum Gasteiger partial charge on any atom is 0.405 e. The van der Waals surface area contributed by atoms with Gasteiger partial charge in [0, 0.05) is 32.7 Å². The number of halogens is 4. The van der Waals surface area contributed by atoms with Crippen molar-refractivity contribution in [3.8, 4) is 0 Å². The first-order valence-electron chi connectivity index (χ1n) is 10.3. The van der Waals surface area contributed by atoms with Gasteiger partial charge in [-0.3, -0.25) is 9.69 Å². The average Bonchev–Trinajstić information content (AvgIpc) is 2.51. The quantitative estimate of drug-likeness (QED) is 0.728. The summed E-state index contributed by atoms with van der Waals surface area (Å²) in [6.07, 6.45) is 1.69. The summed E-state index contributed by atoms with van der Waals surface area (Å²) in [6, 6.07) is -1.59. The summed E-state index contributed by atoms with van der Waals surface area (Å²) in [5.74, 6) is 0.419. The zero-order valence-corrected chi connectivity index (χ0v) is 17.6. The average molecular weight is 424 g/mol. The van der Waals surface area contributed by atoms with Crippen molar-refractivity contribution in [3.63, 3.8) is 0 Å². The summed E-state index contributed by atoms with van der Waals surface area (Å²) in [5.41, 5.74) is -0.108. The van der Waals surface area contributed by atoms with E-state index < -0.39 is 17.6 Å². The first-order chi connectivity index (χ1) is 12.5. The van der Waals surface area contributed by atoms with Crippen LogP contribution in [0.2, 0.25) is 0 Å². The second kappa shape index (κ2) is 7.31. The summed E-state index contributed by atoms with van der Waals surface area (Å²) >= 11 is 0. The highest BCUT2D eigenvalue weighted by atomic mass is 35.5. The van der Waals surface area contributed by atoms with E-state index in [1.165, 1.54) is 17.7 Å². The van der Waals surface area contributed by atoms with Crippen LogP contribution in [0.3, 0.4) is 0 Å². The van der Waals surface area contributed by atoms with Crippen LogP contribution in [0.5, 0.6) is 0 Å². The molecule has 1 amide bonds. The molecule has 4 aliphatic carbocycles. The smallest absolute Gasteiger partial charge is 0.354 e. The molecule has 5 rings (SSSR count). The van der Waals surface area contributed by atoms with Gasteiger partial charge in [-0.05, 0) is 55.3 Å². The molecule has 1 saturated heterocycles. The minimum atomic E-state index is -4.33. The van der Waals surface area contributed by atoms with Gasteiger partial charge in [0.05, 0.1) is 5.41 Å². The van der Waals surface area contributed by atoms with Gasteiger partial charge in [0.1, 0.15) is 6.04 Å². The lowest BCUT2D eigenvalue weighted by Gasteiger charge is -2.64. The van der Waals surface area contributed by atoms with Gasteiger partial charge < -0.3 is 10.6 Å². The predicted octanol–water partition coefficient (Wildman–Crippen LogP) is 3.36. The highest BCUT2D eigenvalue weighted by Gasteiger charge is 2.62. The molecule has 0 radical (unpaired) electrons. The predicted molar refractivity (Wildman–Crippen MR) is 104 cm³/mol. The van der Waals surface area contributed by atoms with Crippen molar-refractivity contribution in [3.05, 3.63) is 0 Å². The Morgan fingerprint density at radius 2 is 1.68 bits per heavy atom. The van der Waals surface area contributed by atoms with Crippen molar-refractivity contribution in [1.29, 1.82) is 0 Å². The SMILES string of the molecule is CC12CC3CC(C)(C1)CC(C(=O)NCC(N1CCNCC1)C(F)(F)F)(C3)C2.Cl. The van der Waals surface area contributed by atoms with Crippen LogP contribution in [0, 0.1) is 22.2 Å². The lowest BCUT2D eigenvalue weighted by Crippen LogP contribution is -2.62. The van der Waals surface area contributed by atoms with Crippen LogP contribution in [-0.4, -0.2) is 55.7 Å². The van der Waals surface area contributed by atoms with Gasteiger partial charge >= 0.3 is 6.18 Å². The summed E-state index contributed by atoms with van der Waals surface area (Å²) in [6.45, 7) is 6.06. The highest BCUT2D eigenvalue weighted by molar-refractivity contribution is 5.85. The standard InChI is InChI=1S/C20H32F3N3O.ClH/c1-17-7-14-8-18(2,11-17)13-19(9-14,12-17)16(27)25-10-15(20(21,22)23)26-5-3-24-4-6-26;/h14-15,24H,3-13H2,1-2H3,(H,25,27);1H. The number of rotatable bonds is 4. The fourth-order valence-corrected chi connectivity index (χ4v) is 7.52. The Bertz CT molecular complexity index is 590. The topological polar surface area (TPSA) is 44.4 Å². The molecule has 4 bridgehead atoms. The molecule has 0 aromatic heterocycles. The summed E-state index contributed by atoms with van der Waals surface area (Å²) in [5, 5.41) is 5.84. The number of alkyl halides is 3. The molecule has 1 heterocycles. The molecule has 1 aliphatic heterocycles. The van der Waals surface area contributed by atoms with Crippen LogP contribution in [0.1, 0.15) is 52.4 Å². The van der Waals surface area contributed by atoms with Gasteiger partial charge in [0.2, 0.25) is 5.91 Å². The largest absolute Gasteiger partial charge is 0.405 e. The molecule has 4 nitrogen and oxygen atoms in total. The van der Waals surface area contributed by atoms with E-state index in [0.29, 0.717) is 32.1 Å². The molecule has 28 heavy (non-hydrogen) atoms. The van der Waals surface area contributed by atoms with E-state index in [-0.39, 0.29) is 35.7 Å². The number of piperazine rings is 1. The van der Waals surface area contributed by atoms with E-state index >= 15 is 0 Å². The molecule has 5 aliphatic rings. The fraction of sp³-hybridized carbons (Fsp3) is 0.950.